The third kappa shape index (κ3) is 4.05. The Balaban J connectivity index is 2.14. The van der Waals surface area contributed by atoms with Crippen LogP contribution in [-0.2, 0) is 9.59 Å². The largest absolute Gasteiger partial charge is 0.350 e. The fourth-order valence-electron chi connectivity index (χ4n) is 1.72. The van der Waals surface area contributed by atoms with Gasteiger partial charge in [0.15, 0.2) is 0 Å². The molecule has 2 N–H and O–H groups in total. The predicted molar refractivity (Wildman–Crippen MR) is 91.1 cm³/mol. The Morgan fingerprint density at radius 2 is 2.09 bits per heavy atom. The maximum Gasteiger partial charge on any atom is 0.262 e. The number of hydrogen-bond acceptors (Lipinski definition) is 3. The van der Waals surface area contributed by atoms with Crippen LogP contribution in [0.2, 0.25) is 5.02 Å². The summed E-state index contributed by atoms with van der Waals surface area (Å²) in [7, 11) is 0. The van der Waals surface area contributed by atoms with Crippen LogP contribution < -0.4 is 10.6 Å². The smallest absolute Gasteiger partial charge is 0.262 e. The molecular weight excluding hydrogens is 320 g/mol. The Morgan fingerprint density at radius 3 is 2.73 bits per heavy atom. The summed E-state index contributed by atoms with van der Waals surface area (Å²) in [4.78, 5) is 25.4. The van der Waals surface area contributed by atoms with E-state index < -0.39 is 0 Å². The number of benzene rings is 1. The standard InChI is InChI=1S/C16H19ClN2O2S/c1-9(16(2,3)4)18-14(20)8-13-15(21)19-11-7-10(17)5-6-12(11)22-13/h5-9H,1-4H3,(H,18,20)(H,19,21). The summed E-state index contributed by atoms with van der Waals surface area (Å²) in [5.41, 5.74) is 0.627. The summed E-state index contributed by atoms with van der Waals surface area (Å²) in [6.45, 7) is 8.09. The van der Waals surface area contributed by atoms with Gasteiger partial charge in [0.2, 0.25) is 5.91 Å². The van der Waals surface area contributed by atoms with E-state index in [9.17, 15) is 9.59 Å². The van der Waals surface area contributed by atoms with E-state index in [4.69, 9.17) is 11.6 Å². The lowest BCUT2D eigenvalue weighted by Crippen LogP contribution is -2.40. The van der Waals surface area contributed by atoms with E-state index >= 15 is 0 Å². The number of thioether (sulfide) groups is 1. The van der Waals surface area contributed by atoms with Crippen LogP contribution in [0.3, 0.4) is 0 Å². The Morgan fingerprint density at radius 1 is 1.41 bits per heavy atom. The highest BCUT2D eigenvalue weighted by atomic mass is 35.5. The first-order chi connectivity index (χ1) is 10.2. The van der Waals surface area contributed by atoms with Crippen molar-refractivity contribution >= 4 is 40.9 Å². The van der Waals surface area contributed by atoms with Crippen molar-refractivity contribution in [1.29, 1.82) is 0 Å². The average molecular weight is 339 g/mol. The number of carbonyl (C=O) groups is 2. The van der Waals surface area contributed by atoms with Gasteiger partial charge in [0.1, 0.15) is 0 Å². The Labute approximate surface area is 139 Å². The van der Waals surface area contributed by atoms with Crippen molar-refractivity contribution in [2.75, 3.05) is 5.32 Å². The van der Waals surface area contributed by atoms with Crippen molar-refractivity contribution in [1.82, 2.24) is 5.32 Å². The summed E-state index contributed by atoms with van der Waals surface area (Å²) in [5, 5.41) is 6.20. The third-order valence-electron chi connectivity index (χ3n) is 3.55. The molecule has 22 heavy (non-hydrogen) atoms. The fraction of sp³-hybridized carbons (Fsp3) is 0.375. The van der Waals surface area contributed by atoms with Crippen LogP contribution in [0.1, 0.15) is 27.7 Å². The van der Waals surface area contributed by atoms with E-state index in [1.165, 1.54) is 17.8 Å². The highest BCUT2D eigenvalue weighted by molar-refractivity contribution is 8.04. The number of carbonyl (C=O) groups excluding carboxylic acids is 2. The van der Waals surface area contributed by atoms with Crippen LogP contribution in [-0.4, -0.2) is 17.9 Å². The number of rotatable bonds is 2. The quantitative estimate of drug-likeness (QED) is 0.806. The molecule has 2 amide bonds. The van der Waals surface area contributed by atoms with E-state index in [1.54, 1.807) is 12.1 Å². The molecule has 1 aromatic carbocycles. The zero-order chi connectivity index (χ0) is 16.5. The van der Waals surface area contributed by atoms with Crippen molar-refractivity contribution in [3.8, 4) is 0 Å². The van der Waals surface area contributed by atoms with Crippen LogP contribution in [0.15, 0.2) is 34.1 Å². The minimum Gasteiger partial charge on any atom is -0.350 e. The molecule has 0 fully saturated rings. The van der Waals surface area contributed by atoms with Gasteiger partial charge in [0.05, 0.1) is 10.6 Å². The van der Waals surface area contributed by atoms with Crippen LogP contribution in [0.5, 0.6) is 0 Å². The summed E-state index contributed by atoms with van der Waals surface area (Å²) < 4.78 is 0. The summed E-state index contributed by atoms with van der Waals surface area (Å²) in [5.74, 6) is -0.559. The number of halogens is 1. The lowest BCUT2D eigenvalue weighted by Gasteiger charge is -2.27. The lowest BCUT2D eigenvalue weighted by molar-refractivity contribution is -0.118. The first kappa shape index (κ1) is 16.9. The molecule has 0 aliphatic carbocycles. The van der Waals surface area contributed by atoms with Crippen LogP contribution in [0.25, 0.3) is 0 Å². The number of hydrogen-bond donors (Lipinski definition) is 2. The number of nitrogens with one attached hydrogen (secondary N) is 2. The molecule has 1 aromatic rings. The number of fused-ring (bicyclic) bond motifs is 1. The molecule has 4 nitrogen and oxygen atoms in total. The zero-order valence-electron chi connectivity index (χ0n) is 13.0. The van der Waals surface area contributed by atoms with E-state index in [0.29, 0.717) is 15.6 Å². The van der Waals surface area contributed by atoms with Crippen molar-refractivity contribution in [2.24, 2.45) is 5.41 Å². The maximum absolute atomic E-state index is 12.1. The molecule has 1 atom stereocenters. The fourth-order valence-corrected chi connectivity index (χ4v) is 2.80. The van der Waals surface area contributed by atoms with Crippen molar-refractivity contribution < 1.29 is 9.59 Å². The average Bonchev–Trinajstić information content (AvgIpc) is 2.38. The summed E-state index contributed by atoms with van der Waals surface area (Å²) in [6, 6.07) is 5.27. The minimum atomic E-state index is -0.293. The molecule has 1 aliphatic rings. The number of anilines is 1. The maximum atomic E-state index is 12.1. The summed E-state index contributed by atoms with van der Waals surface area (Å²) in [6.07, 6.45) is 1.35. The molecule has 0 aromatic heterocycles. The Bertz CT molecular complexity index is 650. The van der Waals surface area contributed by atoms with Gasteiger partial charge in [-0.05, 0) is 30.5 Å². The molecule has 1 heterocycles. The van der Waals surface area contributed by atoms with E-state index in [-0.39, 0.29) is 23.3 Å². The predicted octanol–water partition coefficient (Wildman–Crippen LogP) is 3.82. The molecule has 0 saturated heterocycles. The first-order valence-electron chi connectivity index (χ1n) is 6.98. The second-order valence-corrected chi connectivity index (χ2v) is 7.82. The second-order valence-electron chi connectivity index (χ2n) is 6.30. The molecule has 2 rings (SSSR count). The molecule has 0 bridgehead atoms. The topological polar surface area (TPSA) is 58.2 Å². The van der Waals surface area contributed by atoms with Gasteiger partial charge in [-0.15, -0.1) is 0 Å². The molecule has 0 spiro atoms. The van der Waals surface area contributed by atoms with Gasteiger partial charge in [0, 0.05) is 22.0 Å². The van der Waals surface area contributed by atoms with Gasteiger partial charge < -0.3 is 10.6 Å². The van der Waals surface area contributed by atoms with Gasteiger partial charge in [-0.1, -0.05) is 44.1 Å². The highest BCUT2D eigenvalue weighted by Crippen LogP contribution is 2.39. The molecule has 0 radical (unpaired) electrons. The molecule has 1 unspecified atom stereocenters. The SMILES string of the molecule is CC(NC(=O)C=C1Sc2ccc(Cl)cc2NC1=O)C(C)(C)C. The van der Waals surface area contributed by atoms with Crippen molar-refractivity contribution in [2.45, 2.75) is 38.6 Å². The normalized spacial score (nSPS) is 17.7. The van der Waals surface area contributed by atoms with Gasteiger partial charge in [-0.2, -0.15) is 0 Å². The monoisotopic (exact) mass is 338 g/mol. The molecule has 118 valence electrons. The van der Waals surface area contributed by atoms with Crippen LogP contribution in [0.4, 0.5) is 5.69 Å². The van der Waals surface area contributed by atoms with Crippen LogP contribution in [0, 0.1) is 5.41 Å². The van der Waals surface area contributed by atoms with E-state index in [0.717, 1.165) is 4.90 Å². The lowest BCUT2D eigenvalue weighted by atomic mass is 9.88. The molecule has 0 saturated carbocycles. The van der Waals surface area contributed by atoms with Gasteiger partial charge >= 0.3 is 0 Å². The Kier molecular flexibility index (Phi) is 4.87. The highest BCUT2D eigenvalue weighted by Gasteiger charge is 2.24. The van der Waals surface area contributed by atoms with E-state index in [2.05, 4.69) is 10.6 Å². The van der Waals surface area contributed by atoms with E-state index in [1.807, 2.05) is 33.8 Å². The Hall–Kier alpha value is -1.46. The van der Waals surface area contributed by atoms with Gasteiger partial charge in [-0.25, -0.2) is 0 Å². The molecular formula is C16H19ClN2O2S. The summed E-state index contributed by atoms with van der Waals surface area (Å²) >= 11 is 7.17. The first-order valence-corrected chi connectivity index (χ1v) is 8.17. The van der Waals surface area contributed by atoms with Crippen molar-refractivity contribution in [3.63, 3.8) is 0 Å². The van der Waals surface area contributed by atoms with Crippen LogP contribution >= 0.6 is 23.4 Å². The van der Waals surface area contributed by atoms with Crippen molar-refractivity contribution in [3.05, 3.63) is 34.2 Å². The molecule has 6 heteroatoms. The molecule has 1 aliphatic heterocycles. The zero-order valence-corrected chi connectivity index (χ0v) is 14.6. The van der Waals surface area contributed by atoms with Gasteiger partial charge in [-0.3, -0.25) is 9.59 Å². The second kappa shape index (κ2) is 6.34. The van der Waals surface area contributed by atoms with Gasteiger partial charge in [0.25, 0.3) is 5.91 Å². The third-order valence-corrected chi connectivity index (χ3v) is 4.89. The minimum absolute atomic E-state index is 0.000375. The number of amides is 2.